The first-order chi connectivity index (χ1) is 13.1. The van der Waals surface area contributed by atoms with Crippen molar-refractivity contribution in [2.24, 2.45) is 0 Å². The van der Waals surface area contributed by atoms with Crippen LogP contribution in [-0.2, 0) is 21.5 Å². The smallest absolute Gasteiger partial charge is 0.263 e. The fraction of sp³-hybridized carbons (Fsp3) is 0.273. The Hall–Kier alpha value is -3.08. The van der Waals surface area contributed by atoms with Crippen LogP contribution in [0.3, 0.4) is 0 Å². The molecule has 2 aliphatic rings. The minimum atomic E-state index is -1.11. The Labute approximate surface area is 157 Å². The molecule has 0 unspecified atom stereocenters. The Kier molecular flexibility index (Phi) is 3.26. The number of nitrogens with zero attached hydrogens (tertiary/aromatic N) is 2. The number of likely N-dealkylation sites (N-methyl/N-ethyl adjacent to an activating group) is 1. The number of hydrogen-bond donors (Lipinski definition) is 1. The Bertz CT molecular complexity index is 1100. The van der Waals surface area contributed by atoms with E-state index in [9.17, 15) is 9.59 Å². The molecule has 2 amide bonds. The number of carbonyl (C=O) groups excluding carboxylic acids is 2. The number of H-pyrrole nitrogens is 1. The molecule has 27 heavy (non-hydrogen) atoms. The van der Waals surface area contributed by atoms with Crippen LogP contribution in [0.4, 0.5) is 5.69 Å². The number of anilines is 1. The molecule has 0 saturated heterocycles. The fourth-order valence-corrected chi connectivity index (χ4v) is 4.94. The van der Waals surface area contributed by atoms with E-state index in [-0.39, 0.29) is 11.8 Å². The molecule has 0 radical (unpaired) electrons. The predicted octanol–water partition coefficient (Wildman–Crippen LogP) is 3.18. The van der Waals surface area contributed by atoms with Crippen LogP contribution in [0.1, 0.15) is 30.7 Å². The Morgan fingerprint density at radius 2 is 1.89 bits per heavy atom. The third-order valence-corrected chi connectivity index (χ3v) is 6.00. The molecule has 2 aromatic carbocycles. The van der Waals surface area contributed by atoms with Crippen LogP contribution in [0.2, 0.25) is 0 Å². The molecule has 3 aromatic rings. The van der Waals surface area contributed by atoms with E-state index in [0.717, 1.165) is 39.8 Å². The third kappa shape index (κ3) is 1.84. The highest BCUT2D eigenvalue weighted by Crippen LogP contribution is 2.51. The lowest BCUT2D eigenvalue weighted by Crippen LogP contribution is -2.58. The molecule has 136 valence electrons. The number of para-hydroxylation sites is 2. The van der Waals surface area contributed by atoms with Gasteiger partial charge in [0, 0.05) is 36.5 Å². The summed E-state index contributed by atoms with van der Waals surface area (Å²) in [6.45, 7) is 4.63. The van der Waals surface area contributed by atoms with Crippen LogP contribution in [-0.4, -0.2) is 34.8 Å². The molecular formula is C22H21N3O2. The van der Waals surface area contributed by atoms with E-state index in [1.165, 1.54) is 0 Å². The van der Waals surface area contributed by atoms with Crippen LogP contribution < -0.4 is 4.90 Å². The molecule has 2 aliphatic heterocycles. The summed E-state index contributed by atoms with van der Waals surface area (Å²) in [6, 6.07) is 16.0. The number of rotatable bonds is 1. The van der Waals surface area contributed by atoms with Gasteiger partial charge < -0.3 is 14.8 Å². The molecule has 0 saturated carbocycles. The zero-order valence-electron chi connectivity index (χ0n) is 15.5. The van der Waals surface area contributed by atoms with Crippen molar-refractivity contribution in [1.29, 1.82) is 0 Å². The van der Waals surface area contributed by atoms with Gasteiger partial charge in [0.1, 0.15) is 0 Å². The van der Waals surface area contributed by atoms with Crippen molar-refractivity contribution in [1.82, 2.24) is 9.88 Å². The molecule has 3 heterocycles. The highest BCUT2D eigenvalue weighted by molar-refractivity contribution is 6.12. The predicted molar refractivity (Wildman–Crippen MR) is 105 cm³/mol. The average Bonchev–Trinajstić information content (AvgIpc) is 3.17. The van der Waals surface area contributed by atoms with E-state index in [1.807, 2.05) is 49.4 Å². The number of aromatic nitrogens is 1. The monoisotopic (exact) mass is 359 g/mol. The highest BCUT2D eigenvalue weighted by atomic mass is 16.2. The van der Waals surface area contributed by atoms with Crippen molar-refractivity contribution in [2.45, 2.75) is 25.8 Å². The third-order valence-electron chi connectivity index (χ3n) is 6.00. The molecular weight excluding hydrogens is 338 g/mol. The molecule has 5 nitrogen and oxygen atoms in total. The molecule has 1 spiro atoms. The zero-order chi connectivity index (χ0) is 18.8. The largest absolute Gasteiger partial charge is 0.355 e. The topological polar surface area (TPSA) is 56.4 Å². The summed E-state index contributed by atoms with van der Waals surface area (Å²) in [7, 11) is 0. The van der Waals surface area contributed by atoms with Gasteiger partial charge in [-0.3, -0.25) is 9.59 Å². The van der Waals surface area contributed by atoms with Crippen LogP contribution in [0.25, 0.3) is 10.9 Å². The standard InChI is InChI=1S/C22H21N3O2/c1-3-24-19-11-7-5-9-17(19)22(21(24)27)20-16(12-13-25(22)14(2)26)15-8-4-6-10-18(15)23-20/h4-11,23H,3,12-13H2,1-2H3/t22-/m0/s1. The SMILES string of the molecule is CCN1C(=O)[C@]2(c3ccccc31)c1[nH]c3ccccc3c1CCN2C(C)=O. The Morgan fingerprint density at radius 3 is 2.67 bits per heavy atom. The van der Waals surface area contributed by atoms with Gasteiger partial charge in [-0.25, -0.2) is 0 Å². The molecule has 1 atom stereocenters. The van der Waals surface area contributed by atoms with Crippen molar-refractivity contribution in [3.05, 3.63) is 65.4 Å². The Morgan fingerprint density at radius 1 is 1.15 bits per heavy atom. The lowest BCUT2D eigenvalue weighted by atomic mass is 9.80. The van der Waals surface area contributed by atoms with E-state index < -0.39 is 5.54 Å². The first-order valence-corrected chi connectivity index (χ1v) is 9.40. The van der Waals surface area contributed by atoms with E-state index in [1.54, 1.807) is 16.7 Å². The van der Waals surface area contributed by atoms with Gasteiger partial charge in [0.05, 0.1) is 11.4 Å². The number of nitrogens with one attached hydrogen (secondary N) is 1. The van der Waals surface area contributed by atoms with Gasteiger partial charge in [-0.15, -0.1) is 0 Å². The molecule has 0 aliphatic carbocycles. The van der Waals surface area contributed by atoms with Gasteiger partial charge in [-0.1, -0.05) is 36.4 Å². The fourth-order valence-electron chi connectivity index (χ4n) is 4.94. The van der Waals surface area contributed by atoms with Gasteiger partial charge in [0.15, 0.2) is 5.54 Å². The van der Waals surface area contributed by atoms with Crippen LogP contribution in [0, 0.1) is 0 Å². The van der Waals surface area contributed by atoms with Gasteiger partial charge in [0.25, 0.3) is 5.91 Å². The average molecular weight is 359 g/mol. The molecule has 5 heteroatoms. The van der Waals surface area contributed by atoms with Gasteiger partial charge in [-0.2, -0.15) is 0 Å². The van der Waals surface area contributed by atoms with Gasteiger partial charge in [-0.05, 0) is 31.0 Å². The summed E-state index contributed by atoms with van der Waals surface area (Å²) in [5, 5.41) is 1.13. The summed E-state index contributed by atoms with van der Waals surface area (Å²) in [5.41, 5.74) is 3.67. The number of aromatic amines is 1. The lowest BCUT2D eigenvalue weighted by Gasteiger charge is -2.43. The summed E-state index contributed by atoms with van der Waals surface area (Å²) < 4.78 is 0. The molecule has 1 N–H and O–H groups in total. The quantitative estimate of drug-likeness (QED) is 0.725. The molecule has 1 aromatic heterocycles. The summed E-state index contributed by atoms with van der Waals surface area (Å²) in [6.07, 6.45) is 0.738. The van der Waals surface area contributed by atoms with Crippen LogP contribution in [0.5, 0.6) is 0 Å². The minimum Gasteiger partial charge on any atom is -0.355 e. The second-order valence-electron chi connectivity index (χ2n) is 7.22. The van der Waals surface area contributed by atoms with Gasteiger partial charge in [0.2, 0.25) is 5.91 Å². The van der Waals surface area contributed by atoms with E-state index >= 15 is 0 Å². The van der Waals surface area contributed by atoms with Crippen molar-refractivity contribution in [3.8, 4) is 0 Å². The minimum absolute atomic E-state index is 0.0473. The maximum Gasteiger partial charge on any atom is 0.263 e. The highest BCUT2D eigenvalue weighted by Gasteiger charge is 2.59. The number of carbonyl (C=O) groups is 2. The van der Waals surface area contributed by atoms with Crippen LogP contribution >= 0.6 is 0 Å². The first-order valence-electron chi connectivity index (χ1n) is 9.40. The van der Waals surface area contributed by atoms with Gasteiger partial charge >= 0.3 is 0 Å². The van der Waals surface area contributed by atoms with E-state index in [2.05, 4.69) is 11.1 Å². The maximum absolute atomic E-state index is 13.8. The number of fused-ring (bicyclic) bond motifs is 6. The molecule has 0 bridgehead atoms. The van der Waals surface area contributed by atoms with E-state index in [0.29, 0.717) is 13.1 Å². The molecule has 5 rings (SSSR count). The summed E-state index contributed by atoms with van der Waals surface area (Å²) >= 11 is 0. The van der Waals surface area contributed by atoms with E-state index in [4.69, 9.17) is 0 Å². The van der Waals surface area contributed by atoms with Crippen molar-refractivity contribution in [3.63, 3.8) is 0 Å². The molecule has 0 fully saturated rings. The lowest BCUT2D eigenvalue weighted by molar-refractivity contribution is -0.143. The number of amides is 2. The Balaban J connectivity index is 1.91. The first kappa shape index (κ1) is 16.1. The summed E-state index contributed by atoms with van der Waals surface area (Å²) in [5.74, 6) is -0.130. The van der Waals surface area contributed by atoms with Crippen molar-refractivity contribution >= 4 is 28.4 Å². The summed E-state index contributed by atoms with van der Waals surface area (Å²) in [4.78, 5) is 33.6. The second kappa shape index (κ2) is 5.46. The number of hydrogen-bond acceptors (Lipinski definition) is 2. The number of benzene rings is 2. The second-order valence-corrected chi connectivity index (χ2v) is 7.22. The maximum atomic E-state index is 13.8. The zero-order valence-corrected chi connectivity index (χ0v) is 15.5. The normalized spacial score (nSPS) is 21.0. The van der Waals surface area contributed by atoms with Crippen LogP contribution in [0.15, 0.2) is 48.5 Å². The van der Waals surface area contributed by atoms with Crippen molar-refractivity contribution < 1.29 is 9.59 Å². The van der Waals surface area contributed by atoms with Crippen molar-refractivity contribution in [2.75, 3.05) is 18.0 Å².